The molecule has 0 saturated carbocycles. The molecule has 0 aromatic heterocycles. The molecule has 6 aromatic carbocycles. The molecule has 0 fully saturated rings. The summed E-state index contributed by atoms with van der Waals surface area (Å²) in [6.07, 6.45) is 48.1. The van der Waals surface area contributed by atoms with Crippen molar-refractivity contribution in [3.8, 4) is 33.4 Å². The molecule has 21 nitrogen and oxygen atoms in total. The van der Waals surface area contributed by atoms with Gasteiger partial charge in [0.2, 0.25) is 0 Å². The highest BCUT2D eigenvalue weighted by Gasteiger charge is 2.46. The van der Waals surface area contributed by atoms with Crippen molar-refractivity contribution < 1.29 is 85.8 Å². The molecule has 0 saturated heterocycles. The lowest BCUT2D eigenvalue weighted by atomic mass is 9.80. The van der Waals surface area contributed by atoms with E-state index in [1.165, 1.54) is 11.1 Å². The van der Waals surface area contributed by atoms with Gasteiger partial charge in [-0.05, 0) is 347 Å². The van der Waals surface area contributed by atoms with Gasteiger partial charge in [-0.3, -0.25) is 14.4 Å². The molecule has 5 aliphatic carbocycles. The highest BCUT2D eigenvalue weighted by atomic mass is 16.6. The molecule has 3 N–H and O–H groups in total. The summed E-state index contributed by atoms with van der Waals surface area (Å²) in [5.41, 5.74) is 8.98. The maximum Gasteiger partial charge on any atom is 0.408 e. The lowest BCUT2D eigenvalue weighted by Gasteiger charge is -2.32. The van der Waals surface area contributed by atoms with Gasteiger partial charge in [-0.2, -0.15) is 0 Å². The molecule has 6 aromatic rings. The van der Waals surface area contributed by atoms with E-state index in [1.54, 1.807) is 20.8 Å². The summed E-state index contributed by atoms with van der Waals surface area (Å²) in [5, 5.41) is 8.89. The van der Waals surface area contributed by atoms with Crippen molar-refractivity contribution in [2.75, 3.05) is 59.5 Å². The minimum Gasteiger partial charge on any atom is -0.466 e. The van der Waals surface area contributed by atoms with Crippen LogP contribution in [0.5, 0.6) is 0 Å². The van der Waals surface area contributed by atoms with Crippen molar-refractivity contribution in [3.63, 3.8) is 0 Å². The van der Waals surface area contributed by atoms with Crippen LogP contribution >= 0.6 is 0 Å². The van der Waals surface area contributed by atoms with Crippen LogP contribution in [0.2, 0.25) is 0 Å². The summed E-state index contributed by atoms with van der Waals surface area (Å²) < 4.78 is 49.9. The fourth-order valence-corrected chi connectivity index (χ4v) is 20.2. The molecule has 3 amide bonds. The molecular weight excluding hydrogens is 1800 g/mol. The number of carbonyl (C=O) groups is 9. The molecule has 774 valence electrons. The van der Waals surface area contributed by atoms with Crippen molar-refractivity contribution in [1.82, 2.24) is 16.0 Å². The fraction of sp³-hybridized carbons (Fsp3) is 0.500. The number of ether oxygens (including phenoxy) is 9. The van der Waals surface area contributed by atoms with Crippen LogP contribution in [0.25, 0.3) is 33.4 Å². The smallest absolute Gasteiger partial charge is 0.408 e. The van der Waals surface area contributed by atoms with Gasteiger partial charge < -0.3 is 58.6 Å². The number of fused-ring (bicyclic) bond motifs is 9. The predicted octanol–water partition coefficient (Wildman–Crippen LogP) is 28.4. The molecule has 0 heterocycles. The van der Waals surface area contributed by atoms with Gasteiger partial charge in [0.15, 0.2) is 0 Å². The van der Waals surface area contributed by atoms with Crippen LogP contribution < -0.4 is 16.0 Å². The lowest BCUT2D eigenvalue weighted by molar-refractivity contribution is -0.156. The van der Waals surface area contributed by atoms with E-state index < -0.39 is 57.7 Å². The van der Waals surface area contributed by atoms with Gasteiger partial charge in [-0.25, -0.2) is 28.8 Å². The Kier molecular flexibility index (Phi) is 50.2. The number of nitrogens with one attached hydrogen (secondary N) is 3. The summed E-state index contributed by atoms with van der Waals surface area (Å²) in [6, 6.07) is 49.2. The summed E-state index contributed by atoms with van der Waals surface area (Å²) in [7, 11) is 0. The fourth-order valence-electron chi connectivity index (χ4n) is 20.2. The summed E-state index contributed by atoms with van der Waals surface area (Å²) in [4.78, 5) is 117. The Labute approximate surface area is 853 Å². The Morgan fingerprint density at radius 3 is 0.706 bits per heavy atom. The van der Waals surface area contributed by atoms with Crippen LogP contribution in [0.4, 0.5) is 14.4 Å². The highest BCUT2D eigenvalue weighted by Crippen LogP contribution is 2.49. The highest BCUT2D eigenvalue weighted by molar-refractivity contribution is 5.89. The third kappa shape index (κ3) is 34.6. The Morgan fingerprint density at radius 2 is 0.490 bits per heavy atom. The minimum atomic E-state index is -1.25. The SMILES string of the molecule is C=CCCCC(C)(CCCC=C)C(=O)OCC.C=CCCCC(C)(CCCC=CCCCC(C)(CCCC=C)C(=O)OCC)C(=O)OCC.CCOC(=O)C1(NC(=O)OCC2c3ccccc3-c3ccccc32)CCC=CCC1.CCOC(=O)C1(NC(=O)OCC2c3ccccc3-c3ccccc32)CCCC=CCCCC(NC(=O)OCC2c3ccccc3-c3ccccc32)(C(=O)OCC)CCCC=CCCC1. The zero-order chi connectivity index (χ0) is 103. The first-order chi connectivity index (χ1) is 69.3. The van der Waals surface area contributed by atoms with Gasteiger partial charge >= 0.3 is 54.1 Å². The van der Waals surface area contributed by atoms with Crippen molar-refractivity contribution in [2.45, 2.75) is 315 Å². The molecular formula is C122H163N3O18. The Bertz CT molecular complexity index is 4800. The third-order valence-electron chi connectivity index (χ3n) is 28.1. The summed E-state index contributed by atoms with van der Waals surface area (Å²) >= 11 is 0. The van der Waals surface area contributed by atoms with E-state index in [-0.39, 0.29) is 86.7 Å². The predicted molar refractivity (Wildman–Crippen MR) is 571 cm³/mol. The van der Waals surface area contributed by atoms with E-state index in [1.807, 2.05) is 151 Å². The van der Waals surface area contributed by atoms with E-state index in [0.717, 1.165) is 171 Å². The maximum atomic E-state index is 13.8. The second-order valence-corrected chi connectivity index (χ2v) is 38.6. The number of carbonyl (C=O) groups excluding carboxylic acids is 9. The molecule has 0 bridgehead atoms. The Hall–Kier alpha value is -12.1. The zero-order valence-electron chi connectivity index (χ0n) is 87.1. The van der Waals surface area contributed by atoms with Crippen molar-refractivity contribution >= 4 is 54.1 Å². The Balaban J connectivity index is 0.000000264. The zero-order valence-corrected chi connectivity index (χ0v) is 87.1. The molecule has 0 spiro atoms. The quantitative estimate of drug-likeness (QED) is 0.0139. The van der Waals surface area contributed by atoms with Crippen LogP contribution in [0.1, 0.15) is 332 Å². The van der Waals surface area contributed by atoms with Crippen LogP contribution in [-0.2, 0) is 71.4 Å². The number of alkyl carbamates (subject to hydrolysis) is 3. The van der Waals surface area contributed by atoms with Gasteiger partial charge in [0.25, 0.3) is 0 Å². The first-order valence-electron chi connectivity index (χ1n) is 52.8. The number of hydrogen-bond acceptors (Lipinski definition) is 18. The number of amides is 3. The monoisotopic (exact) mass is 1960 g/mol. The molecule has 2 unspecified atom stereocenters. The van der Waals surface area contributed by atoms with Gasteiger partial charge in [0.1, 0.15) is 36.4 Å². The van der Waals surface area contributed by atoms with E-state index in [4.69, 9.17) is 42.6 Å². The van der Waals surface area contributed by atoms with Crippen molar-refractivity contribution in [1.29, 1.82) is 0 Å². The third-order valence-corrected chi connectivity index (χ3v) is 28.1. The largest absolute Gasteiger partial charge is 0.466 e. The summed E-state index contributed by atoms with van der Waals surface area (Å²) in [6.45, 7) is 34.4. The van der Waals surface area contributed by atoms with E-state index in [9.17, 15) is 43.2 Å². The number of hydrogen-bond donors (Lipinski definition) is 3. The normalized spacial score (nSPS) is 17.3. The molecule has 0 radical (unpaired) electrons. The minimum absolute atomic E-state index is 0.0162. The standard InChI is InChI=1S/C54H62N2O8.C28H48O4.C25H27NO4.C15H26O2/c1-3-61-49(57)53(55-51(59)63-37-47-43-29-17-13-25-39(43)40-26-14-18-30-44(40)47)33-21-9-5-7-11-23-35-54(50(58)62-4-2,36-24-12-8-6-10-22-34-53)56-52(60)64-38-48-45-31-19-15-27-41(45)42-28-16-20-32-46(42)48;1-7-11-17-21-27(5,25(29)31-9-3)23-19-15-13-14-16-20-24-28(6,22-18-12-8-2)26(30)32-10-4;1-2-29-23(27)25(15-9-3-4-10-16-25)26-24(28)30-17-22-20-13-7-5-11-18(20)19-12-6-8-14-21(19)22;1-5-8-10-12-15(4,13-11-9-6-2)14(16)17-7-3/h5-8,13-20,25-32,47-48H,3-4,9-12,21-24,33-38H2,1-2H3,(H,55,59)(H,56,60);7-8,13-14H,1-2,9-12,15-24H2,3-6H3;3-8,11-14,22H,2,9-10,15-17H2,1H3,(H,26,28);5-6H,1-2,7-13H2,3-4H3. The number of benzene rings is 6. The van der Waals surface area contributed by atoms with Crippen molar-refractivity contribution in [2.24, 2.45) is 16.2 Å². The molecule has 2 atom stereocenters. The average molecular weight is 1960 g/mol. The number of esters is 6. The van der Waals surface area contributed by atoms with Crippen LogP contribution in [0.15, 0.2) is 245 Å². The number of rotatable bonds is 45. The molecule has 21 heteroatoms. The first-order valence-corrected chi connectivity index (χ1v) is 52.8. The van der Waals surface area contributed by atoms with Gasteiger partial charge in [0, 0.05) is 17.8 Å². The van der Waals surface area contributed by atoms with Crippen molar-refractivity contribution in [3.05, 3.63) is 278 Å². The van der Waals surface area contributed by atoms with E-state index in [2.05, 4.69) is 152 Å². The molecule has 5 aliphatic rings. The maximum absolute atomic E-state index is 13.8. The second kappa shape index (κ2) is 61.8. The van der Waals surface area contributed by atoms with Crippen LogP contribution in [0.3, 0.4) is 0 Å². The second-order valence-electron chi connectivity index (χ2n) is 38.6. The van der Waals surface area contributed by atoms with E-state index in [0.29, 0.717) is 123 Å². The van der Waals surface area contributed by atoms with Crippen LogP contribution in [0, 0.1) is 16.2 Å². The molecule has 143 heavy (non-hydrogen) atoms. The van der Waals surface area contributed by atoms with Gasteiger partial charge in [-0.1, -0.05) is 219 Å². The number of allylic oxidation sites excluding steroid dienone is 12. The van der Waals surface area contributed by atoms with Gasteiger partial charge in [-0.15, -0.1) is 26.3 Å². The van der Waals surface area contributed by atoms with Gasteiger partial charge in [0.05, 0.1) is 55.9 Å². The first kappa shape index (κ1) is 116. The average Bonchev–Trinajstić information content (AvgIpc) is 1.62. The van der Waals surface area contributed by atoms with Crippen LogP contribution in [-0.4, -0.2) is 130 Å². The number of unbranched alkanes of at least 4 members (excludes halogenated alkanes) is 6. The summed E-state index contributed by atoms with van der Waals surface area (Å²) in [5.74, 6) is -1.75. The Morgan fingerprint density at radius 1 is 0.287 bits per heavy atom. The molecule has 11 rings (SSSR count). The lowest BCUT2D eigenvalue weighted by Crippen LogP contribution is -2.55. The molecule has 0 aliphatic heterocycles. The topological polar surface area (TPSA) is 273 Å². The van der Waals surface area contributed by atoms with E-state index >= 15 is 0 Å².